The van der Waals surface area contributed by atoms with Gasteiger partial charge in [0.05, 0.1) is 24.2 Å². The number of nitrogens with two attached hydrogens (primary N) is 1. The van der Waals surface area contributed by atoms with E-state index >= 15 is 0 Å². The average Bonchev–Trinajstić information content (AvgIpc) is 3.37. The van der Waals surface area contributed by atoms with Crippen molar-refractivity contribution in [3.8, 4) is 0 Å². The predicted octanol–water partition coefficient (Wildman–Crippen LogP) is 6.45. The van der Waals surface area contributed by atoms with Gasteiger partial charge in [-0.1, -0.05) is 99.1 Å². The molecule has 0 aromatic heterocycles. The molecule has 1 aliphatic rings. The quantitative estimate of drug-likeness (QED) is 0.172. The van der Waals surface area contributed by atoms with Crippen molar-refractivity contribution in [3.63, 3.8) is 0 Å². The van der Waals surface area contributed by atoms with E-state index in [-0.39, 0.29) is 36.7 Å². The number of primary amides is 1. The van der Waals surface area contributed by atoms with Crippen LogP contribution in [0.5, 0.6) is 0 Å². The molecule has 234 valence electrons. The number of aryl methyl sites for hydroxylation is 1. The molecule has 2 N–H and O–H groups in total. The van der Waals surface area contributed by atoms with Crippen LogP contribution < -0.4 is 5.73 Å². The standard InChI is InChI=1S/C35H41ClN2O5S/c1-24-10-8-9-13-31(24)44(41,42)38-32(35(2,3)4)22-28(33(38)26-14-16-29(36)17-15-26)23-43-19-18-30(39)21-27(34(37)40)20-25-11-6-5-7-12-25/h5-17,22,27,32-33H,18-21,23H2,1-4H3,(H2,37,40)/t27-,32+,33?/m1/s1. The number of amides is 1. The Hall–Kier alpha value is -3.30. The minimum atomic E-state index is -3.94. The van der Waals surface area contributed by atoms with Crippen LogP contribution in [0.2, 0.25) is 5.02 Å². The minimum absolute atomic E-state index is 0.0399. The van der Waals surface area contributed by atoms with E-state index in [1.807, 2.05) is 75.4 Å². The van der Waals surface area contributed by atoms with E-state index in [4.69, 9.17) is 22.1 Å². The van der Waals surface area contributed by atoms with Gasteiger partial charge in [0.2, 0.25) is 15.9 Å². The normalized spacial score (nSPS) is 18.2. The molecule has 7 nitrogen and oxygen atoms in total. The van der Waals surface area contributed by atoms with Gasteiger partial charge in [-0.15, -0.1) is 0 Å². The van der Waals surface area contributed by atoms with Crippen molar-refractivity contribution in [2.24, 2.45) is 17.1 Å². The lowest BCUT2D eigenvalue weighted by Gasteiger charge is -2.37. The highest BCUT2D eigenvalue weighted by atomic mass is 35.5. The Morgan fingerprint density at radius 3 is 2.23 bits per heavy atom. The Bertz CT molecular complexity index is 1600. The third kappa shape index (κ3) is 8.04. The molecule has 4 rings (SSSR count). The molecule has 0 fully saturated rings. The SMILES string of the molecule is Cc1ccccc1S(=O)(=O)N1C(c2ccc(Cl)cc2)C(COCCC(=O)C[C@@H](Cc2ccccc2)C(N)=O)=C[C@H]1C(C)(C)C. The molecule has 3 atom stereocenters. The first-order valence-corrected chi connectivity index (χ1v) is 16.6. The molecule has 1 unspecified atom stereocenters. The fourth-order valence-corrected chi connectivity index (χ4v) is 7.92. The predicted molar refractivity (Wildman–Crippen MR) is 174 cm³/mol. The van der Waals surface area contributed by atoms with Crippen LogP contribution in [-0.2, 0) is 30.8 Å². The summed E-state index contributed by atoms with van der Waals surface area (Å²) in [6.07, 6.45) is 2.54. The van der Waals surface area contributed by atoms with Crippen molar-refractivity contribution in [2.75, 3.05) is 13.2 Å². The average molecular weight is 637 g/mol. The van der Waals surface area contributed by atoms with Crippen LogP contribution in [0.15, 0.2) is 95.4 Å². The van der Waals surface area contributed by atoms with Gasteiger partial charge in [-0.25, -0.2) is 8.42 Å². The van der Waals surface area contributed by atoms with E-state index in [0.717, 1.165) is 16.7 Å². The number of halogens is 1. The van der Waals surface area contributed by atoms with Gasteiger partial charge in [-0.3, -0.25) is 9.59 Å². The summed E-state index contributed by atoms with van der Waals surface area (Å²) in [5.74, 6) is -1.21. The molecule has 0 saturated heterocycles. The van der Waals surface area contributed by atoms with Crippen molar-refractivity contribution in [1.29, 1.82) is 0 Å². The van der Waals surface area contributed by atoms with Gasteiger partial charge >= 0.3 is 0 Å². The summed E-state index contributed by atoms with van der Waals surface area (Å²) in [5, 5.41) is 0.550. The molecular weight excluding hydrogens is 596 g/mol. The largest absolute Gasteiger partial charge is 0.377 e. The molecule has 0 bridgehead atoms. The van der Waals surface area contributed by atoms with E-state index in [9.17, 15) is 18.0 Å². The van der Waals surface area contributed by atoms with E-state index in [1.165, 1.54) is 0 Å². The molecular formula is C35H41ClN2O5S. The summed E-state index contributed by atoms with van der Waals surface area (Å²) in [4.78, 5) is 25.1. The van der Waals surface area contributed by atoms with Gasteiger partial charge in [-0.05, 0) is 59.2 Å². The second-order valence-corrected chi connectivity index (χ2v) is 14.7. The van der Waals surface area contributed by atoms with Crippen LogP contribution in [0.3, 0.4) is 0 Å². The van der Waals surface area contributed by atoms with Gasteiger partial charge in [0.15, 0.2) is 0 Å². The molecule has 3 aromatic rings. The van der Waals surface area contributed by atoms with Gasteiger partial charge in [0.25, 0.3) is 0 Å². The van der Waals surface area contributed by atoms with Crippen LogP contribution in [0, 0.1) is 18.3 Å². The number of hydrogen-bond acceptors (Lipinski definition) is 5. The van der Waals surface area contributed by atoms with E-state index in [2.05, 4.69) is 0 Å². The summed E-state index contributed by atoms with van der Waals surface area (Å²) in [6.45, 7) is 8.10. The van der Waals surface area contributed by atoms with Crippen molar-refractivity contribution in [3.05, 3.63) is 112 Å². The fourth-order valence-electron chi connectivity index (χ4n) is 5.63. The number of carbonyl (C=O) groups excluding carboxylic acids is 2. The van der Waals surface area contributed by atoms with Gasteiger partial charge < -0.3 is 10.5 Å². The zero-order valence-corrected chi connectivity index (χ0v) is 27.3. The number of Topliss-reactive ketones (excluding diaryl/α,β-unsaturated/α-hetero) is 1. The number of nitrogens with zero attached hydrogens (tertiary/aromatic N) is 1. The minimum Gasteiger partial charge on any atom is -0.377 e. The number of benzene rings is 3. The maximum Gasteiger partial charge on any atom is 0.244 e. The van der Waals surface area contributed by atoms with Crippen molar-refractivity contribution in [2.45, 2.75) is 63.9 Å². The van der Waals surface area contributed by atoms with E-state index in [1.54, 1.807) is 41.6 Å². The molecule has 1 aliphatic heterocycles. The smallest absolute Gasteiger partial charge is 0.244 e. The molecule has 3 aromatic carbocycles. The van der Waals surface area contributed by atoms with Crippen LogP contribution in [0.25, 0.3) is 0 Å². The molecule has 0 spiro atoms. The Kier molecular flexibility index (Phi) is 10.8. The maximum atomic E-state index is 14.4. The summed E-state index contributed by atoms with van der Waals surface area (Å²) < 4.78 is 36.3. The monoisotopic (exact) mass is 636 g/mol. The molecule has 9 heteroatoms. The summed E-state index contributed by atoms with van der Waals surface area (Å²) in [7, 11) is -3.94. The van der Waals surface area contributed by atoms with Gasteiger partial charge in [0, 0.05) is 29.8 Å². The van der Waals surface area contributed by atoms with Crippen LogP contribution in [0.1, 0.15) is 56.3 Å². The van der Waals surface area contributed by atoms with Gasteiger partial charge in [-0.2, -0.15) is 4.31 Å². The Labute approximate surface area is 266 Å². The zero-order chi connectivity index (χ0) is 32.1. The van der Waals surface area contributed by atoms with E-state index in [0.29, 0.717) is 17.0 Å². The molecule has 0 saturated carbocycles. The first-order chi connectivity index (χ1) is 20.8. The van der Waals surface area contributed by atoms with Crippen molar-refractivity contribution < 1.29 is 22.7 Å². The summed E-state index contributed by atoms with van der Waals surface area (Å²) in [6, 6.07) is 22.6. The van der Waals surface area contributed by atoms with E-state index < -0.39 is 39.3 Å². The highest BCUT2D eigenvalue weighted by molar-refractivity contribution is 7.89. The van der Waals surface area contributed by atoms with Crippen LogP contribution >= 0.6 is 11.6 Å². The number of carbonyl (C=O) groups is 2. The Morgan fingerprint density at radius 1 is 0.977 bits per heavy atom. The lowest BCUT2D eigenvalue weighted by Crippen LogP contribution is -2.45. The maximum absolute atomic E-state index is 14.4. The first kappa shape index (κ1) is 33.6. The second kappa shape index (κ2) is 14.2. The number of rotatable bonds is 13. The van der Waals surface area contributed by atoms with Gasteiger partial charge in [0.1, 0.15) is 5.78 Å². The number of sulfonamides is 1. The second-order valence-electron chi connectivity index (χ2n) is 12.4. The van der Waals surface area contributed by atoms with Crippen molar-refractivity contribution in [1.82, 2.24) is 4.31 Å². The molecule has 1 amide bonds. The molecule has 1 heterocycles. The highest BCUT2D eigenvalue weighted by Crippen LogP contribution is 2.46. The summed E-state index contributed by atoms with van der Waals surface area (Å²) >= 11 is 6.20. The Balaban J connectivity index is 1.53. The third-order valence-electron chi connectivity index (χ3n) is 7.97. The number of ketones is 1. The Morgan fingerprint density at radius 2 is 1.61 bits per heavy atom. The summed E-state index contributed by atoms with van der Waals surface area (Å²) in [5.41, 5.74) is 8.35. The lowest BCUT2D eigenvalue weighted by atomic mass is 9.87. The molecule has 0 radical (unpaired) electrons. The third-order valence-corrected chi connectivity index (χ3v) is 10.2. The number of hydrogen-bond donors (Lipinski definition) is 1. The molecule has 44 heavy (non-hydrogen) atoms. The van der Waals surface area contributed by atoms with Crippen molar-refractivity contribution >= 4 is 33.3 Å². The lowest BCUT2D eigenvalue weighted by molar-refractivity contribution is -0.127. The van der Waals surface area contributed by atoms with Crippen LogP contribution in [-0.4, -0.2) is 43.7 Å². The fraction of sp³-hybridized carbons (Fsp3) is 0.371. The number of ether oxygens (including phenoxy) is 1. The highest BCUT2D eigenvalue weighted by Gasteiger charge is 2.48. The first-order valence-electron chi connectivity index (χ1n) is 14.8. The molecule has 0 aliphatic carbocycles. The topological polar surface area (TPSA) is 107 Å². The zero-order valence-electron chi connectivity index (χ0n) is 25.7. The van der Waals surface area contributed by atoms with Crippen LogP contribution in [0.4, 0.5) is 0 Å².